The third-order valence-electron chi connectivity index (χ3n) is 6.00. The number of rotatable bonds is 5. The van der Waals surface area contributed by atoms with Crippen LogP contribution in [-0.2, 0) is 22.4 Å². The van der Waals surface area contributed by atoms with Gasteiger partial charge in [0.1, 0.15) is 0 Å². The molecule has 1 heterocycles. The van der Waals surface area contributed by atoms with E-state index in [0.717, 1.165) is 36.6 Å². The molecule has 2 amide bonds. The van der Waals surface area contributed by atoms with Crippen molar-refractivity contribution in [2.24, 2.45) is 5.92 Å². The molecule has 0 aromatic heterocycles. The van der Waals surface area contributed by atoms with E-state index in [9.17, 15) is 14.4 Å². The van der Waals surface area contributed by atoms with Crippen molar-refractivity contribution in [1.29, 1.82) is 0 Å². The summed E-state index contributed by atoms with van der Waals surface area (Å²) in [7, 11) is 0. The minimum Gasteiger partial charge on any atom is -0.356 e. The van der Waals surface area contributed by atoms with E-state index in [4.69, 9.17) is 0 Å². The van der Waals surface area contributed by atoms with Crippen LogP contribution in [0.4, 0.5) is 0 Å². The number of Topliss-reactive ketones (excluding diaryl/α,β-unsaturated/α-hetero) is 1. The van der Waals surface area contributed by atoms with Gasteiger partial charge in [-0.1, -0.05) is 30.3 Å². The molecule has 0 bridgehead atoms. The summed E-state index contributed by atoms with van der Waals surface area (Å²) in [6, 6.07) is 10.3. The molecular formula is C23H26N2O3. The predicted molar refractivity (Wildman–Crippen MR) is 108 cm³/mol. The summed E-state index contributed by atoms with van der Waals surface area (Å²) < 4.78 is 0. The van der Waals surface area contributed by atoms with Gasteiger partial charge in [-0.15, -0.1) is 0 Å². The molecule has 4 rings (SSSR count). The summed E-state index contributed by atoms with van der Waals surface area (Å²) in [4.78, 5) is 38.6. The van der Waals surface area contributed by atoms with Gasteiger partial charge >= 0.3 is 0 Å². The van der Waals surface area contributed by atoms with Gasteiger partial charge in [-0.2, -0.15) is 0 Å². The third-order valence-corrected chi connectivity index (χ3v) is 6.00. The molecule has 146 valence electrons. The maximum atomic E-state index is 13.3. The Morgan fingerprint density at radius 1 is 1.11 bits per heavy atom. The first kappa shape index (κ1) is 18.7. The van der Waals surface area contributed by atoms with Crippen LogP contribution in [0.3, 0.4) is 0 Å². The Morgan fingerprint density at radius 2 is 1.89 bits per heavy atom. The summed E-state index contributed by atoms with van der Waals surface area (Å²) in [5, 5.41) is 4.98. The molecule has 2 aromatic rings. The zero-order chi connectivity index (χ0) is 19.7. The molecule has 1 atom stereocenters. The van der Waals surface area contributed by atoms with Crippen molar-refractivity contribution >= 4 is 28.4 Å². The molecule has 1 N–H and O–H groups in total. The van der Waals surface area contributed by atoms with Gasteiger partial charge in [0.2, 0.25) is 11.8 Å². The molecule has 2 aromatic carbocycles. The van der Waals surface area contributed by atoms with E-state index in [1.165, 1.54) is 23.4 Å². The number of carbonyl (C=O) groups excluding carboxylic acids is 3. The largest absolute Gasteiger partial charge is 0.356 e. The topological polar surface area (TPSA) is 66.5 Å². The van der Waals surface area contributed by atoms with E-state index in [2.05, 4.69) is 23.5 Å². The van der Waals surface area contributed by atoms with Crippen molar-refractivity contribution in [3.63, 3.8) is 0 Å². The van der Waals surface area contributed by atoms with Crippen molar-refractivity contribution in [3.8, 4) is 0 Å². The van der Waals surface area contributed by atoms with Gasteiger partial charge < -0.3 is 10.2 Å². The van der Waals surface area contributed by atoms with Crippen LogP contribution in [0.25, 0.3) is 10.8 Å². The lowest BCUT2D eigenvalue weighted by atomic mass is 9.87. The predicted octanol–water partition coefficient (Wildman–Crippen LogP) is 2.89. The van der Waals surface area contributed by atoms with E-state index in [1.807, 2.05) is 12.1 Å². The van der Waals surface area contributed by atoms with Crippen LogP contribution in [0, 0.1) is 5.92 Å². The number of ketones is 1. The van der Waals surface area contributed by atoms with Crippen LogP contribution in [0.2, 0.25) is 0 Å². The maximum absolute atomic E-state index is 13.3. The highest BCUT2D eigenvalue weighted by molar-refractivity contribution is 6.11. The molecule has 1 aliphatic carbocycles. The van der Waals surface area contributed by atoms with Gasteiger partial charge in [-0.05, 0) is 47.6 Å². The number of benzene rings is 2. The first-order chi connectivity index (χ1) is 13.5. The second kappa shape index (κ2) is 7.74. The second-order valence-corrected chi connectivity index (χ2v) is 7.89. The zero-order valence-corrected chi connectivity index (χ0v) is 16.3. The Morgan fingerprint density at radius 3 is 2.68 bits per heavy atom. The Balaban J connectivity index is 1.50. The van der Waals surface area contributed by atoms with E-state index in [0.29, 0.717) is 19.6 Å². The maximum Gasteiger partial charge on any atom is 0.224 e. The number of amides is 2. The normalized spacial score (nSPS) is 18.3. The number of piperidine rings is 1. The van der Waals surface area contributed by atoms with Crippen LogP contribution in [-0.4, -0.2) is 42.1 Å². The SMILES string of the molecule is CC(=O)NCCC(=O)N1CCCC(C(=O)c2ccc3c4c(cccc24)CC3)C1. The first-order valence-corrected chi connectivity index (χ1v) is 10.1. The van der Waals surface area contributed by atoms with E-state index in [1.54, 1.807) is 4.90 Å². The first-order valence-electron chi connectivity index (χ1n) is 10.1. The van der Waals surface area contributed by atoms with Crippen molar-refractivity contribution in [3.05, 3.63) is 47.0 Å². The molecule has 28 heavy (non-hydrogen) atoms. The van der Waals surface area contributed by atoms with Gasteiger partial charge in [0.25, 0.3) is 0 Å². The summed E-state index contributed by atoms with van der Waals surface area (Å²) in [5.41, 5.74) is 3.46. The number of carbonyl (C=O) groups is 3. The molecule has 0 saturated carbocycles. The van der Waals surface area contributed by atoms with Crippen LogP contribution in [0.5, 0.6) is 0 Å². The quantitative estimate of drug-likeness (QED) is 0.814. The van der Waals surface area contributed by atoms with Crippen LogP contribution >= 0.6 is 0 Å². The number of hydrogen-bond acceptors (Lipinski definition) is 3. The minimum absolute atomic E-state index is 0.00617. The Hall–Kier alpha value is -2.69. The summed E-state index contributed by atoms with van der Waals surface area (Å²) >= 11 is 0. The van der Waals surface area contributed by atoms with E-state index >= 15 is 0 Å². The lowest BCUT2D eigenvalue weighted by Crippen LogP contribution is -2.43. The lowest BCUT2D eigenvalue weighted by molar-refractivity contribution is -0.132. The highest BCUT2D eigenvalue weighted by Gasteiger charge is 2.30. The summed E-state index contributed by atoms with van der Waals surface area (Å²) in [6.45, 7) is 2.95. The van der Waals surface area contributed by atoms with Gasteiger partial charge in [-0.25, -0.2) is 0 Å². The van der Waals surface area contributed by atoms with Gasteiger partial charge in [-0.3, -0.25) is 14.4 Å². The number of hydrogen-bond donors (Lipinski definition) is 1. The zero-order valence-electron chi connectivity index (χ0n) is 16.3. The fourth-order valence-corrected chi connectivity index (χ4v) is 4.60. The van der Waals surface area contributed by atoms with Gasteiger partial charge in [0, 0.05) is 44.5 Å². The average Bonchev–Trinajstić information content (AvgIpc) is 3.12. The standard InChI is InChI=1S/C23H26N2O3/c1-15(26)24-12-11-21(27)25-13-3-5-18(14-25)23(28)20-10-9-17-8-7-16-4-2-6-19(20)22(16)17/h2,4,6,9-10,18H,3,5,7-8,11-14H2,1H3,(H,24,26). The molecule has 5 nitrogen and oxygen atoms in total. The third kappa shape index (κ3) is 3.53. The number of aryl methyl sites for hydroxylation is 2. The smallest absolute Gasteiger partial charge is 0.224 e. The van der Waals surface area contributed by atoms with E-state index in [-0.39, 0.29) is 29.9 Å². The summed E-state index contributed by atoms with van der Waals surface area (Å²) in [6.07, 6.45) is 4.02. The van der Waals surface area contributed by atoms with Crippen molar-refractivity contribution in [2.45, 2.75) is 39.0 Å². The van der Waals surface area contributed by atoms with Crippen LogP contribution in [0.1, 0.15) is 47.7 Å². The van der Waals surface area contributed by atoms with Gasteiger partial charge in [0.05, 0.1) is 0 Å². The highest BCUT2D eigenvalue weighted by atomic mass is 16.2. The lowest BCUT2D eigenvalue weighted by Gasteiger charge is -2.32. The number of likely N-dealkylation sites (tertiary alicyclic amines) is 1. The molecule has 1 saturated heterocycles. The van der Waals surface area contributed by atoms with Crippen molar-refractivity contribution < 1.29 is 14.4 Å². The second-order valence-electron chi connectivity index (χ2n) is 7.89. The molecule has 5 heteroatoms. The Bertz CT molecular complexity index is 940. The van der Waals surface area contributed by atoms with Gasteiger partial charge in [0.15, 0.2) is 5.78 Å². The average molecular weight is 378 g/mol. The fourth-order valence-electron chi connectivity index (χ4n) is 4.60. The van der Waals surface area contributed by atoms with Crippen LogP contribution < -0.4 is 5.32 Å². The molecular weight excluding hydrogens is 352 g/mol. The minimum atomic E-state index is -0.156. The molecule has 1 unspecified atom stereocenters. The molecule has 2 aliphatic rings. The fraction of sp³-hybridized carbons (Fsp3) is 0.435. The number of nitrogens with one attached hydrogen (secondary N) is 1. The van der Waals surface area contributed by atoms with Crippen molar-refractivity contribution in [1.82, 2.24) is 10.2 Å². The monoisotopic (exact) mass is 378 g/mol. The molecule has 0 radical (unpaired) electrons. The Kier molecular flexibility index (Phi) is 5.16. The number of nitrogens with zero attached hydrogens (tertiary/aromatic N) is 1. The Labute approximate surface area is 165 Å². The highest BCUT2D eigenvalue weighted by Crippen LogP contribution is 2.34. The molecule has 0 spiro atoms. The van der Waals surface area contributed by atoms with Crippen molar-refractivity contribution in [2.75, 3.05) is 19.6 Å². The van der Waals surface area contributed by atoms with Crippen LogP contribution in [0.15, 0.2) is 30.3 Å². The molecule has 1 aliphatic heterocycles. The van der Waals surface area contributed by atoms with E-state index < -0.39 is 0 Å². The molecule has 1 fully saturated rings. The summed E-state index contributed by atoms with van der Waals surface area (Å²) in [5.74, 6) is -0.134.